The molecule has 26 heavy (non-hydrogen) atoms. The van der Waals surface area contributed by atoms with Crippen molar-refractivity contribution in [3.8, 4) is 5.69 Å². The molecular weight excluding hydrogens is 330 g/mol. The van der Waals surface area contributed by atoms with Gasteiger partial charge in [0.15, 0.2) is 0 Å². The SMILES string of the molecule is C[C@H](NC(=O)c1ccc2[nH]c(=O)[nH]c2c1)c1ccc(-n2cccn2)cc1. The van der Waals surface area contributed by atoms with Crippen LogP contribution in [0.25, 0.3) is 16.7 Å². The second-order valence-corrected chi connectivity index (χ2v) is 6.08. The van der Waals surface area contributed by atoms with Crippen LogP contribution >= 0.6 is 0 Å². The van der Waals surface area contributed by atoms with Crippen molar-refractivity contribution < 1.29 is 4.79 Å². The molecule has 2 heterocycles. The van der Waals surface area contributed by atoms with Crippen LogP contribution in [0, 0.1) is 0 Å². The lowest BCUT2D eigenvalue weighted by atomic mass is 10.1. The number of amides is 1. The van der Waals surface area contributed by atoms with Gasteiger partial charge >= 0.3 is 5.69 Å². The average molecular weight is 347 g/mol. The number of aromatic amines is 2. The minimum atomic E-state index is -0.289. The summed E-state index contributed by atoms with van der Waals surface area (Å²) in [6.07, 6.45) is 3.60. The fourth-order valence-corrected chi connectivity index (χ4v) is 2.87. The first-order chi connectivity index (χ1) is 12.6. The van der Waals surface area contributed by atoms with Crippen LogP contribution in [0.3, 0.4) is 0 Å². The average Bonchev–Trinajstić information content (AvgIpc) is 3.29. The summed E-state index contributed by atoms with van der Waals surface area (Å²) in [7, 11) is 0. The Labute approximate surface area is 148 Å². The number of hydrogen-bond acceptors (Lipinski definition) is 3. The normalized spacial score (nSPS) is 12.2. The van der Waals surface area contributed by atoms with Crippen LogP contribution in [0.5, 0.6) is 0 Å². The highest BCUT2D eigenvalue weighted by Crippen LogP contribution is 2.17. The maximum absolute atomic E-state index is 12.5. The van der Waals surface area contributed by atoms with Crippen molar-refractivity contribution >= 4 is 16.9 Å². The van der Waals surface area contributed by atoms with E-state index < -0.39 is 0 Å². The van der Waals surface area contributed by atoms with Crippen LogP contribution in [-0.2, 0) is 0 Å². The molecule has 0 saturated carbocycles. The highest BCUT2D eigenvalue weighted by atomic mass is 16.2. The molecule has 1 amide bonds. The Morgan fingerprint density at radius 2 is 1.88 bits per heavy atom. The minimum Gasteiger partial charge on any atom is -0.346 e. The third-order valence-corrected chi connectivity index (χ3v) is 4.29. The molecule has 0 aliphatic carbocycles. The van der Waals surface area contributed by atoms with Crippen LogP contribution in [0.1, 0.15) is 28.9 Å². The van der Waals surface area contributed by atoms with E-state index in [-0.39, 0.29) is 17.6 Å². The monoisotopic (exact) mass is 347 g/mol. The van der Waals surface area contributed by atoms with Crippen molar-refractivity contribution in [2.45, 2.75) is 13.0 Å². The highest BCUT2D eigenvalue weighted by molar-refractivity contribution is 5.97. The number of carbonyl (C=O) groups excluding carboxylic acids is 1. The van der Waals surface area contributed by atoms with Gasteiger partial charge in [0.2, 0.25) is 0 Å². The molecule has 7 nitrogen and oxygen atoms in total. The van der Waals surface area contributed by atoms with Gasteiger partial charge in [0.05, 0.1) is 22.8 Å². The van der Waals surface area contributed by atoms with Gasteiger partial charge in [-0.25, -0.2) is 9.48 Å². The van der Waals surface area contributed by atoms with E-state index in [0.29, 0.717) is 16.6 Å². The predicted octanol–water partition coefficient (Wildman–Crippen LogP) is 2.53. The van der Waals surface area contributed by atoms with Gasteiger partial charge in [-0.1, -0.05) is 12.1 Å². The van der Waals surface area contributed by atoms with Crippen molar-refractivity contribution in [2.24, 2.45) is 0 Å². The number of benzene rings is 2. The third kappa shape index (κ3) is 3.02. The summed E-state index contributed by atoms with van der Waals surface area (Å²) >= 11 is 0. The fraction of sp³-hybridized carbons (Fsp3) is 0.105. The van der Waals surface area contributed by atoms with Crippen molar-refractivity contribution in [2.75, 3.05) is 0 Å². The number of aromatic nitrogens is 4. The minimum absolute atomic E-state index is 0.157. The number of nitrogens with zero attached hydrogens (tertiary/aromatic N) is 2. The van der Waals surface area contributed by atoms with Crippen LogP contribution in [0.2, 0.25) is 0 Å². The van der Waals surface area contributed by atoms with E-state index in [1.807, 2.05) is 43.5 Å². The first-order valence-corrected chi connectivity index (χ1v) is 8.23. The number of rotatable bonds is 4. The Kier molecular flexibility index (Phi) is 3.89. The molecule has 4 rings (SSSR count). The molecule has 0 spiro atoms. The summed E-state index contributed by atoms with van der Waals surface area (Å²) in [6.45, 7) is 1.93. The van der Waals surface area contributed by atoms with E-state index in [4.69, 9.17) is 0 Å². The number of carbonyl (C=O) groups is 1. The molecule has 2 aromatic heterocycles. The smallest absolute Gasteiger partial charge is 0.323 e. The third-order valence-electron chi connectivity index (χ3n) is 4.29. The van der Waals surface area contributed by atoms with E-state index in [2.05, 4.69) is 20.4 Å². The first kappa shape index (κ1) is 15.9. The van der Waals surface area contributed by atoms with Gasteiger partial charge in [0.25, 0.3) is 5.91 Å². The quantitative estimate of drug-likeness (QED) is 0.529. The second kappa shape index (κ2) is 6.36. The number of hydrogen-bond donors (Lipinski definition) is 3. The van der Waals surface area contributed by atoms with E-state index in [1.54, 1.807) is 29.1 Å². The second-order valence-electron chi connectivity index (χ2n) is 6.08. The van der Waals surface area contributed by atoms with Crippen molar-refractivity contribution in [3.63, 3.8) is 0 Å². The van der Waals surface area contributed by atoms with Gasteiger partial charge in [0.1, 0.15) is 0 Å². The molecule has 0 bridgehead atoms. The van der Waals surface area contributed by atoms with Gasteiger partial charge in [-0.15, -0.1) is 0 Å². The molecule has 130 valence electrons. The van der Waals surface area contributed by atoms with Gasteiger partial charge in [-0.05, 0) is 48.9 Å². The van der Waals surface area contributed by atoms with Crippen molar-refractivity contribution in [1.82, 2.24) is 25.1 Å². The van der Waals surface area contributed by atoms with Crippen molar-refractivity contribution in [3.05, 3.63) is 82.5 Å². The Hall–Kier alpha value is -3.61. The fourth-order valence-electron chi connectivity index (χ4n) is 2.87. The summed E-state index contributed by atoms with van der Waals surface area (Å²) in [5, 5.41) is 7.17. The molecule has 0 aliphatic heterocycles. The van der Waals surface area contributed by atoms with Gasteiger partial charge in [0, 0.05) is 18.0 Å². The lowest BCUT2D eigenvalue weighted by molar-refractivity contribution is 0.0940. The first-order valence-electron chi connectivity index (χ1n) is 8.23. The number of imidazole rings is 1. The van der Waals surface area contributed by atoms with Crippen molar-refractivity contribution in [1.29, 1.82) is 0 Å². The van der Waals surface area contributed by atoms with Gasteiger partial charge in [-0.3, -0.25) is 4.79 Å². The lowest BCUT2D eigenvalue weighted by Crippen LogP contribution is -2.26. The zero-order valence-corrected chi connectivity index (χ0v) is 14.1. The standard InChI is InChI=1S/C19H17N5O2/c1-12(13-3-6-15(7-4-13)24-10-2-9-20-24)21-18(25)14-5-8-16-17(11-14)23-19(26)22-16/h2-12H,1H3,(H,21,25)(H2,22,23,26)/t12-/m0/s1. The van der Waals surface area contributed by atoms with E-state index >= 15 is 0 Å². The molecule has 0 aliphatic rings. The molecule has 3 N–H and O–H groups in total. The number of fused-ring (bicyclic) bond motifs is 1. The van der Waals surface area contributed by atoms with Gasteiger partial charge in [-0.2, -0.15) is 5.10 Å². The highest BCUT2D eigenvalue weighted by Gasteiger charge is 2.13. The molecule has 4 aromatic rings. The zero-order valence-electron chi connectivity index (χ0n) is 14.1. The van der Waals surface area contributed by atoms with E-state index in [1.165, 1.54) is 0 Å². The zero-order chi connectivity index (χ0) is 18.1. The Balaban J connectivity index is 1.50. The van der Waals surface area contributed by atoms with Crippen LogP contribution < -0.4 is 11.0 Å². The molecule has 2 aromatic carbocycles. The number of H-pyrrole nitrogens is 2. The molecular formula is C19H17N5O2. The molecule has 0 fully saturated rings. The summed E-state index contributed by atoms with van der Waals surface area (Å²) in [4.78, 5) is 29.1. The topological polar surface area (TPSA) is 95.6 Å². The molecule has 1 atom stereocenters. The summed E-state index contributed by atoms with van der Waals surface area (Å²) in [6, 6.07) is 14.6. The molecule has 7 heteroatoms. The van der Waals surface area contributed by atoms with Crippen LogP contribution in [-0.4, -0.2) is 25.7 Å². The maximum atomic E-state index is 12.5. The van der Waals surface area contributed by atoms with E-state index in [0.717, 1.165) is 11.3 Å². The predicted molar refractivity (Wildman–Crippen MR) is 98.4 cm³/mol. The van der Waals surface area contributed by atoms with E-state index in [9.17, 15) is 9.59 Å². The van der Waals surface area contributed by atoms with Crippen LogP contribution in [0.15, 0.2) is 65.7 Å². The van der Waals surface area contributed by atoms with Crippen LogP contribution in [0.4, 0.5) is 0 Å². The number of nitrogens with one attached hydrogen (secondary N) is 3. The summed E-state index contributed by atoms with van der Waals surface area (Å²) in [5.41, 5.74) is 3.44. The summed E-state index contributed by atoms with van der Waals surface area (Å²) < 4.78 is 1.78. The Morgan fingerprint density at radius 1 is 1.12 bits per heavy atom. The molecule has 0 saturated heterocycles. The van der Waals surface area contributed by atoms with Gasteiger partial charge < -0.3 is 15.3 Å². The maximum Gasteiger partial charge on any atom is 0.323 e. The molecule has 0 radical (unpaired) electrons. The Bertz CT molecular complexity index is 1110. The Morgan fingerprint density at radius 3 is 2.62 bits per heavy atom. The molecule has 0 unspecified atom stereocenters. The largest absolute Gasteiger partial charge is 0.346 e. The summed E-state index contributed by atoms with van der Waals surface area (Å²) in [5.74, 6) is -0.197. The lowest BCUT2D eigenvalue weighted by Gasteiger charge is -2.15.